The molecule has 1 unspecified atom stereocenters. The van der Waals surface area contributed by atoms with Crippen molar-refractivity contribution in [2.24, 2.45) is 0 Å². The second-order valence-corrected chi connectivity index (χ2v) is 3.19. The second kappa shape index (κ2) is 4.50. The SMILES string of the molecule is CCC(O)(O)[N]C(C)c1ccccn1. The highest BCUT2D eigenvalue weighted by molar-refractivity contribution is 5.07. The van der Waals surface area contributed by atoms with Crippen molar-refractivity contribution < 1.29 is 10.2 Å². The largest absolute Gasteiger partial charge is 0.352 e. The number of hydrogen-bond acceptors (Lipinski definition) is 3. The summed E-state index contributed by atoms with van der Waals surface area (Å²) in [7, 11) is 0. The van der Waals surface area contributed by atoms with Gasteiger partial charge >= 0.3 is 0 Å². The summed E-state index contributed by atoms with van der Waals surface area (Å²) in [5.74, 6) is -1.95. The Morgan fingerprint density at radius 3 is 2.71 bits per heavy atom. The van der Waals surface area contributed by atoms with Crippen molar-refractivity contribution in [3.8, 4) is 0 Å². The van der Waals surface area contributed by atoms with E-state index in [1.54, 1.807) is 32.2 Å². The first-order chi connectivity index (χ1) is 6.55. The predicted octanol–water partition coefficient (Wildman–Crippen LogP) is 0.795. The molecule has 4 nitrogen and oxygen atoms in total. The summed E-state index contributed by atoms with van der Waals surface area (Å²) in [5, 5.41) is 22.5. The zero-order valence-corrected chi connectivity index (χ0v) is 8.38. The highest BCUT2D eigenvalue weighted by Gasteiger charge is 2.25. The van der Waals surface area contributed by atoms with E-state index in [1.165, 1.54) is 0 Å². The quantitative estimate of drug-likeness (QED) is 0.698. The van der Waals surface area contributed by atoms with Crippen LogP contribution in [0, 0.1) is 0 Å². The van der Waals surface area contributed by atoms with Gasteiger partial charge in [-0.3, -0.25) is 4.98 Å². The van der Waals surface area contributed by atoms with Crippen LogP contribution in [0.25, 0.3) is 0 Å². The van der Waals surface area contributed by atoms with E-state index < -0.39 is 5.91 Å². The van der Waals surface area contributed by atoms with Gasteiger partial charge in [-0.15, -0.1) is 0 Å². The highest BCUT2D eigenvalue weighted by atomic mass is 16.5. The number of nitrogens with zero attached hydrogens (tertiary/aromatic N) is 2. The van der Waals surface area contributed by atoms with Crippen LogP contribution >= 0.6 is 0 Å². The molecular formula is C10H15N2O2. The Balaban J connectivity index is 2.64. The number of rotatable bonds is 4. The Kier molecular flexibility index (Phi) is 3.57. The van der Waals surface area contributed by atoms with Crippen LogP contribution in [-0.4, -0.2) is 21.1 Å². The van der Waals surface area contributed by atoms with E-state index in [4.69, 9.17) is 0 Å². The first kappa shape index (κ1) is 11.1. The fourth-order valence-corrected chi connectivity index (χ4v) is 1.09. The van der Waals surface area contributed by atoms with Crippen molar-refractivity contribution in [1.82, 2.24) is 10.3 Å². The van der Waals surface area contributed by atoms with Gasteiger partial charge in [0.1, 0.15) is 0 Å². The third-order valence-electron chi connectivity index (χ3n) is 1.99. The summed E-state index contributed by atoms with van der Waals surface area (Å²) in [6.45, 7) is 3.44. The van der Waals surface area contributed by atoms with Gasteiger partial charge in [0, 0.05) is 12.6 Å². The topological polar surface area (TPSA) is 67.5 Å². The first-order valence-electron chi connectivity index (χ1n) is 4.63. The molecule has 0 amide bonds. The van der Waals surface area contributed by atoms with Gasteiger partial charge in [-0.05, 0) is 19.1 Å². The van der Waals surface area contributed by atoms with Crippen molar-refractivity contribution in [2.45, 2.75) is 32.2 Å². The van der Waals surface area contributed by atoms with E-state index in [-0.39, 0.29) is 12.5 Å². The van der Waals surface area contributed by atoms with Gasteiger partial charge in [-0.1, -0.05) is 13.0 Å². The lowest BCUT2D eigenvalue weighted by atomic mass is 10.2. The molecular weight excluding hydrogens is 180 g/mol. The predicted molar refractivity (Wildman–Crippen MR) is 52.2 cm³/mol. The standard InChI is InChI=1S/C10H15N2O2/c1-3-10(13,14)12-8(2)9-6-4-5-7-11-9/h4-8,13-14H,3H2,1-2H3. The summed E-state index contributed by atoms with van der Waals surface area (Å²) in [4.78, 5) is 4.08. The van der Waals surface area contributed by atoms with Gasteiger partial charge in [0.05, 0.1) is 11.7 Å². The Morgan fingerprint density at radius 1 is 1.50 bits per heavy atom. The number of pyridine rings is 1. The summed E-state index contributed by atoms with van der Waals surface area (Å²) in [5.41, 5.74) is 0.730. The van der Waals surface area contributed by atoms with Crippen molar-refractivity contribution >= 4 is 0 Å². The van der Waals surface area contributed by atoms with Crippen molar-refractivity contribution in [2.75, 3.05) is 0 Å². The molecule has 2 N–H and O–H groups in total. The zero-order valence-electron chi connectivity index (χ0n) is 8.38. The minimum absolute atomic E-state index is 0.171. The minimum atomic E-state index is -1.95. The molecule has 0 aliphatic carbocycles. The van der Waals surface area contributed by atoms with E-state index in [0.29, 0.717) is 0 Å². The summed E-state index contributed by atoms with van der Waals surface area (Å²) < 4.78 is 0. The molecule has 0 spiro atoms. The Hall–Kier alpha value is -0.970. The van der Waals surface area contributed by atoms with E-state index in [9.17, 15) is 10.2 Å². The van der Waals surface area contributed by atoms with Gasteiger partial charge in [0.2, 0.25) is 5.91 Å². The van der Waals surface area contributed by atoms with Crippen LogP contribution in [-0.2, 0) is 0 Å². The highest BCUT2D eigenvalue weighted by Crippen LogP contribution is 2.15. The molecule has 4 heteroatoms. The average Bonchev–Trinajstić information content (AvgIpc) is 2.19. The maximum absolute atomic E-state index is 9.32. The van der Waals surface area contributed by atoms with Crippen LogP contribution in [0.3, 0.4) is 0 Å². The van der Waals surface area contributed by atoms with Crippen molar-refractivity contribution in [1.29, 1.82) is 0 Å². The fourth-order valence-electron chi connectivity index (χ4n) is 1.09. The van der Waals surface area contributed by atoms with E-state index in [0.717, 1.165) is 5.69 Å². The molecule has 0 bridgehead atoms. The maximum atomic E-state index is 9.32. The summed E-state index contributed by atoms with van der Waals surface area (Å²) in [6.07, 6.45) is 1.83. The average molecular weight is 195 g/mol. The smallest absolute Gasteiger partial charge is 0.238 e. The first-order valence-corrected chi connectivity index (χ1v) is 4.63. The lowest BCUT2D eigenvalue weighted by Gasteiger charge is -2.23. The van der Waals surface area contributed by atoms with E-state index >= 15 is 0 Å². The molecule has 0 aliphatic heterocycles. The monoisotopic (exact) mass is 195 g/mol. The van der Waals surface area contributed by atoms with Gasteiger partial charge in [-0.2, -0.15) is 5.32 Å². The molecule has 0 aliphatic rings. The lowest BCUT2D eigenvalue weighted by molar-refractivity contribution is -0.195. The van der Waals surface area contributed by atoms with Gasteiger partial charge in [-0.25, -0.2) is 0 Å². The number of aromatic nitrogens is 1. The molecule has 1 atom stereocenters. The zero-order chi connectivity index (χ0) is 10.6. The fraction of sp³-hybridized carbons (Fsp3) is 0.500. The van der Waals surface area contributed by atoms with E-state index in [2.05, 4.69) is 10.3 Å². The Labute approximate surface area is 83.6 Å². The third kappa shape index (κ3) is 3.06. The van der Waals surface area contributed by atoms with Crippen molar-refractivity contribution in [3.63, 3.8) is 0 Å². The summed E-state index contributed by atoms with van der Waals surface area (Å²) >= 11 is 0. The Morgan fingerprint density at radius 2 is 2.21 bits per heavy atom. The molecule has 0 saturated heterocycles. The normalized spacial score (nSPS) is 14.0. The molecule has 14 heavy (non-hydrogen) atoms. The molecule has 0 fully saturated rings. The van der Waals surface area contributed by atoms with Gasteiger partial charge in [0.15, 0.2) is 0 Å². The van der Waals surface area contributed by atoms with E-state index in [1.807, 2.05) is 6.07 Å². The number of aliphatic hydroxyl groups is 2. The molecule has 1 aromatic heterocycles. The minimum Gasteiger partial charge on any atom is -0.352 e. The summed E-state index contributed by atoms with van der Waals surface area (Å²) in [6, 6.07) is 5.14. The lowest BCUT2D eigenvalue weighted by Crippen LogP contribution is -2.40. The molecule has 1 heterocycles. The van der Waals surface area contributed by atoms with Crippen LogP contribution < -0.4 is 5.32 Å². The number of hydrogen-bond donors (Lipinski definition) is 2. The molecule has 77 valence electrons. The molecule has 1 aromatic rings. The molecule has 1 rings (SSSR count). The third-order valence-corrected chi connectivity index (χ3v) is 1.99. The van der Waals surface area contributed by atoms with Crippen LogP contribution in [0.1, 0.15) is 32.0 Å². The van der Waals surface area contributed by atoms with Gasteiger partial charge in [0.25, 0.3) is 0 Å². The van der Waals surface area contributed by atoms with Crippen LogP contribution in [0.4, 0.5) is 0 Å². The molecule has 1 radical (unpaired) electrons. The van der Waals surface area contributed by atoms with Crippen molar-refractivity contribution in [3.05, 3.63) is 30.1 Å². The maximum Gasteiger partial charge on any atom is 0.238 e. The molecule has 0 saturated carbocycles. The van der Waals surface area contributed by atoms with Crippen LogP contribution in [0.2, 0.25) is 0 Å². The second-order valence-electron chi connectivity index (χ2n) is 3.19. The van der Waals surface area contributed by atoms with Crippen LogP contribution in [0.15, 0.2) is 24.4 Å². The van der Waals surface area contributed by atoms with Crippen LogP contribution in [0.5, 0.6) is 0 Å². The Bertz CT molecular complexity index is 275. The molecule has 0 aromatic carbocycles. The van der Waals surface area contributed by atoms with Gasteiger partial charge < -0.3 is 10.2 Å².